The summed E-state index contributed by atoms with van der Waals surface area (Å²) in [4.78, 5) is 37.9. The molecular formula is C18H25N5O4S. The molecule has 2 aromatic rings. The molecule has 3 rings (SSSR count). The summed E-state index contributed by atoms with van der Waals surface area (Å²) in [6, 6.07) is -0.163. The number of hydrogen-bond acceptors (Lipinski definition) is 7. The third kappa shape index (κ3) is 4.02. The Morgan fingerprint density at radius 2 is 2.14 bits per heavy atom. The number of ether oxygens (including phenoxy) is 1. The molecule has 9 nitrogen and oxygen atoms in total. The van der Waals surface area contributed by atoms with E-state index in [1.807, 2.05) is 18.7 Å². The monoisotopic (exact) mass is 407 g/mol. The molecule has 2 atom stereocenters. The van der Waals surface area contributed by atoms with E-state index in [1.54, 1.807) is 14.0 Å². The number of carbonyl (C=O) groups is 2. The van der Waals surface area contributed by atoms with Gasteiger partial charge in [-0.1, -0.05) is 18.3 Å². The third-order valence-electron chi connectivity index (χ3n) is 4.96. The van der Waals surface area contributed by atoms with Gasteiger partial charge in [-0.05, 0) is 26.7 Å². The van der Waals surface area contributed by atoms with Gasteiger partial charge in [-0.3, -0.25) is 4.79 Å². The van der Waals surface area contributed by atoms with Crippen LogP contribution in [0.25, 0.3) is 0 Å². The molecule has 0 aliphatic carbocycles. The van der Waals surface area contributed by atoms with Crippen molar-refractivity contribution in [1.82, 2.24) is 20.3 Å². The Labute approximate surface area is 167 Å². The number of methoxy groups -OCH3 is 1. The molecule has 0 unspecified atom stereocenters. The molecule has 0 saturated carbocycles. The van der Waals surface area contributed by atoms with Crippen molar-refractivity contribution < 1.29 is 19.4 Å². The SMILES string of the molecule is CCc1nc(C(=O)N[C@H]2CCN(c3nc(C)c(C(=O)O)s3)C[C@H]2OC)[nH]c1C. The summed E-state index contributed by atoms with van der Waals surface area (Å²) in [5, 5.41) is 12.9. The van der Waals surface area contributed by atoms with Gasteiger partial charge in [0.15, 0.2) is 11.0 Å². The highest BCUT2D eigenvalue weighted by Gasteiger charge is 2.33. The maximum Gasteiger partial charge on any atom is 0.347 e. The number of carbonyl (C=O) groups excluding carboxylic acids is 1. The molecule has 152 valence electrons. The lowest BCUT2D eigenvalue weighted by Crippen LogP contribution is -2.55. The van der Waals surface area contributed by atoms with Crippen LogP contribution in [0.2, 0.25) is 0 Å². The number of carboxylic acid groups (broad SMARTS) is 1. The van der Waals surface area contributed by atoms with E-state index in [4.69, 9.17) is 4.74 Å². The number of nitrogens with one attached hydrogen (secondary N) is 2. The highest BCUT2D eigenvalue weighted by molar-refractivity contribution is 7.17. The highest BCUT2D eigenvalue weighted by atomic mass is 32.1. The number of aromatic amines is 1. The van der Waals surface area contributed by atoms with Gasteiger partial charge in [-0.15, -0.1) is 0 Å². The average molecular weight is 407 g/mol. The molecule has 0 aromatic carbocycles. The molecule has 0 spiro atoms. The average Bonchev–Trinajstić information content (AvgIpc) is 3.24. The number of H-pyrrole nitrogens is 1. The fourth-order valence-corrected chi connectivity index (χ4v) is 4.34. The van der Waals surface area contributed by atoms with Crippen molar-refractivity contribution in [3.05, 3.63) is 27.8 Å². The Bertz CT molecular complexity index is 877. The zero-order valence-electron chi connectivity index (χ0n) is 16.4. The van der Waals surface area contributed by atoms with Crippen LogP contribution in [0, 0.1) is 13.8 Å². The van der Waals surface area contributed by atoms with Gasteiger partial charge in [0.25, 0.3) is 5.91 Å². The van der Waals surface area contributed by atoms with E-state index < -0.39 is 5.97 Å². The van der Waals surface area contributed by atoms with Gasteiger partial charge in [0.2, 0.25) is 0 Å². The number of aromatic nitrogens is 3. The Morgan fingerprint density at radius 1 is 1.39 bits per heavy atom. The van der Waals surface area contributed by atoms with Gasteiger partial charge in [-0.25, -0.2) is 14.8 Å². The number of anilines is 1. The smallest absolute Gasteiger partial charge is 0.347 e. The van der Waals surface area contributed by atoms with Crippen LogP contribution in [0.1, 0.15) is 50.7 Å². The summed E-state index contributed by atoms with van der Waals surface area (Å²) in [7, 11) is 1.61. The summed E-state index contributed by atoms with van der Waals surface area (Å²) >= 11 is 1.16. The first-order valence-electron chi connectivity index (χ1n) is 9.18. The minimum absolute atomic E-state index is 0.163. The number of nitrogens with zero attached hydrogens (tertiary/aromatic N) is 3. The van der Waals surface area contributed by atoms with Crippen LogP contribution < -0.4 is 10.2 Å². The van der Waals surface area contributed by atoms with Gasteiger partial charge in [0, 0.05) is 25.9 Å². The molecule has 28 heavy (non-hydrogen) atoms. The lowest BCUT2D eigenvalue weighted by Gasteiger charge is -2.37. The van der Waals surface area contributed by atoms with E-state index in [0.717, 1.165) is 29.1 Å². The Kier molecular flexibility index (Phi) is 5.99. The van der Waals surface area contributed by atoms with Crippen molar-refractivity contribution in [1.29, 1.82) is 0 Å². The summed E-state index contributed by atoms with van der Waals surface area (Å²) in [6.45, 7) is 6.76. The number of imidazole rings is 1. The summed E-state index contributed by atoms with van der Waals surface area (Å²) in [5.41, 5.74) is 2.30. The molecule has 1 fully saturated rings. The molecule has 1 aliphatic heterocycles. The first-order valence-corrected chi connectivity index (χ1v) is 10.0. The molecule has 2 aromatic heterocycles. The van der Waals surface area contributed by atoms with Gasteiger partial charge in [-0.2, -0.15) is 0 Å². The van der Waals surface area contributed by atoms with E-state index >= 15 is 0 Å². The molecule has 1 aliphatic rings. The first-order chi connectivity index (χ1) is 13.3. The minimum Gasteiger partial charge on any atom is -0.477 e. The minimum atomic E-state index is -0.966. The fraction of sp³-hybridized carbons (Fsp3) is 0.556. The number of amides is 1. The van der Waals surface area contributed by atoms with Crippen molar-refractivity contribution in [2.24, 2.45) is 0 Å². The lowest BCUT2D eigenvalue weighted by atomic mass is 10.0. The van der Waals surface area contributed by atoms with Crippen LogP contribution in [0.4, 0.5) is 5.13 Å². The third-order valence-corrected chi connectivity index (χ3v) is 6.17. The van der Waals surface area contributed by atoms with Crippen LogP contribution in [-0.2, 0) is 11.2 Å². The maximum absolute atomic E-state index is 12.6. The van der Waals surface area contributed by atoms with Crippen LogP contribution in [0.5, 0.6) is 0 Å². The first kappa shape index (κ1) is 20.3. The Hall–Kier alpha value is -2.46. The second kappa shape index (κ2) is 8.27. The van der Waals surface area contributed by atoms with Crippen LogP contribution in [0.3, 0.4) is 0 Å². The number of piperidine rings is 1. The number of aromatic carboxylic acids is 1. The number of hydrogen-bond donors (Lipinski definition) is 3. The maximum atomic E-state index is 12.6. The fourth-order valence-electron chi connectivity index (χ4n) is 3.40. The molecule has 0 radical (unpaired) electrons. The quantitative estimate of drug-likeness (QED) is 0.667. The predicted molar refractivity (Wildman–Crippen MR) is 105 cm³/mol. The van der Waals surface area contributed by atoms with E-state index in [-0.39, 0.29) is 22.9 Å². The van der Waals surface area contributed by atoms with Gasteiger partial charge in [0.1, 0.15) is 4.88 Å². The second-order valence-electron chi connectivity index (χ2n) is 6.82. The predicted octanol–water partition coefficient (Wildman–Crippen LogP) is 1.77. The normalized spacial score (nSPS) is 19.6. The molecule has 3 N–H and O–H groups in total. The van der Waals surface area contributed by atoms with Gasteiger partial charge in [0.05, 0.1) is 23.5 Å². The molecule has 0 bridgehead atoms. The number of thiazole rings is 1. The van der Waals surface area contributed by atoms with Crippen molar-refractivity contribution >= 4 is 28.3 Å². The Balaban J connectivity index is 1.68. The number of carboxylic acids is 1. The highest BCUT2D eigenvalue weighted by Crippen LogP contribution is 2.29. The second-order valence-corrected chi connectivity index (χ2v) is 7.79. The number of rotatable bonds is 6. The summed E-state index contributed by atoms with van der Waals surface area (Å²) in [5.74, 6) is -0.901. The van der Waals surface area contributed by atoms with Crippen LogP contribution in [-0.4, -0.2) is 64.3 Å². The molecule has 1 saturated heterocycles. The molecule has 10 heteroatoms. The number of aryl methyl sites for hydroxylation is 3. The molecule has 3 heterocycles. The zero-order chi connectivity index (χ0) is 20.4. The topological polar surface area (TPSA) is 120 Å². The summed E-state index contributed by atoms with van der Waals surface area (Å²) < 4.78 is 5.60. The van der Waals surface area contributed by atoms with E-state index in [0.29, 0.717) is 36.2 Å². The lowest BCUT2D eigenvalue weighted by molar-refractivity contribution is 0.0538. The van der Waals surface area contributed by atoms with Crippen molar-refractivity contribution in [3.8, 4) is 0 Å². The Morgan fingerprint density at radius 3 is 2.71 bits per heavy atom. The van der Waals surface area contributed by atoms with Gasteiger partial charge >= 0.3 is 5.97 Å². The van der Waals surface area contributed by atoms with Gasteiger partial charge < -0.3 is 25.0 Å². The van der Waals surface area contributed by atoms with Crippen LogP contribution in [0.15, 0.2) is 0 Å². The molecule has 1 amide bonds. The van der Waals surface area contributed by atoms with E-state index in [9.17, 15) is 14.7 Å². The van der Waals surface area contributed by atoms with E-state index in [1.165, 1.54) is 0 Å². The van der Waals surface area contributed by atoms with Crippen molar-refractivity contribution in [3.63, 3.8) is 0 Å². The zero-order valence-corrected chi connectivity index (χ0v) is 17.2. The van der Waals surface area contributed by atoms with E-state index in [2.05, 4.69) is 20.3 Å². The van der Waals surface area contributed by atoms with Crippen LogP contribution >= 0.6 is 11.3 Å². The van der Waals surface area contributed by atoms with Crippen molar-refractivity contribution in [2.75, 3.05) is 25.1 Å². The van der Waals surface area contributed by atoms with Crippen molar-refractivity contribution in [2.45, 2.75) is 45.8 Å². The summed E-state index contributed by atoms with van der Waals surface area (Å²) in [6.07, 6.45) is 1.18. The largest absolute Gasteiger partial charge is 0.477 e. The molecular weight excluding hydrogens is 382 g/mol. The standard InChI is InChI=1S/C18H25N5O4S/c1-5-11-9(2)19-15(21-11)16(24)22-12-6-7-23(8-13(12)27-4)18-20-10(3)14(28-18)17(25)26/h12-13H,5-8H2,1-4H3,(H,19,21)(H,22,24)(H,25,26)/t12-,13+/m0/s1.